The van der Waals surface area contributed by atoms with Crippen LogP contribution < -0.4 is 10.3 Å². The Balaban J connectivity index is 1.36. The van der Waals surface area contributed by atoms with Crippen LogP contribution in [0.15, 0.2) is 110 Å². The van der Waals surface area contributed by atoms with Gasteiger partial charge in [0.05, 0.1) is 22.1 Å². The number of para-hydroxylation sites is 1. The molecule has 0 unspecified atom stereocenters. The number of rotatable bonds is 6. The Kier molecular flexibility index (Phi) is 6.95. The van der Waals surface area contributed by atoms with Crippen LogP contribution in [0, 0.1) is 0 Å². The van der Waals surface area contributed by atoms with Gasteiger partial charge in [-0.25, -0.2) is 4.98 Å². The SMILES string of the molecule is O=c1c2ccccc2nc(-c2cc3cc(Br)ccc3o2)n1N=Cc1ccc(OCc2ccccc2Cl)c(Cl)c1. The molecule has 0 radical (unpaired) electrons. The Labute approximate surface area is 241 Å². The largest absolute Gasteiger partial charge is 0.487 e. The van der Waals surface area contributed by atoms with Crippen molar-refractivity contribution in [3.8, 4) is 17.3 Å². The summed E-state index contributed by atoms with van der Waals surface area (Å²) in [5.74, 6) is 1.21. The van der Waals surface area contributed by atoms with Crippen molar-refractivity contribution in [3.05, 3.63) is 127 Å². The first-order chi connectivity index (χ1) is 19.0. The van der Waals surface area contributed by atoms with Crippen LogP contribution in [0.4, 0.5) is 0 Å². The molecule has 2 heterocycles. The van der Waals surface area contributed by atoms with Gasteiger partial charge in [-0.2, -0.15) is 9.78 Å². The maximum atomic E-state index is 13.5. The fraction of sp³-hybridized carbons (Fsp3) is 0.0333. The number of furan rings is 1. The fourth-order valence-corrected chi connectivity index (χ4v) is 4.94. The third-order valence-corrected chi connectivity index (χ3v) is 7.23. The standard InChI is InChI=1S/C30H18BrCl2N3O3/c31-21-10-12-26-20(14-21)15-28(39-26)29-35-25-8-4-2-6-22(25)30(37)36(29)34-16-18-9-11-27(24(33)13-18)38-17-19-5-1-3-7-23(19)32/h1-16H,17H2. The van der Waals surface area contributed by atoms with E-state index in [4.69, 9.17) is 37.3 Å². The first-order valence-corrected chi connectivity index (χ1v) is 13.4. The van der Waals surface area contributed by atoms with Crippen LogP contribution in [-0.2, 0) is 6.61 Å². The van der Waals surface area contributed by atoms with Gasteiger partial charge in [0.2, 0.25) is 5.82 Å². The molecule has 0 N–H and O–H groups in total. The normalized spacial score (nSPS) is 11.6. The van der Waals surface area contributed by atoms with Gasteiger partial charge < -0.3 is 9.15 Å². The van der Waals surface area contributed by atoms with Crippen molar-refractivity contribution >= 4 is 67.2 Å². The van der Waals surface area contributed by atoms with E-state index in [1.165, 1.54) is 4.68 Å². The minimum atomic E-state index is -0.320. The minimum absolute atomic E-state index is 0.280. The molecule has 6 aromatic rings. The van der Waals surface area contributed by atoms with Gasteiger partial charge in [0.15, 0.2) is 5.76 Å². The molecule has 192 valence electrons. The maximum Gasteiger partial charge on any atom is 0.282 e. The van der Waals surface area contributed by atoms with Crippen molar-refractivity contribution in [3.63, 3.8) is 0 Å². The molecule has 6 rings (SSSR count). The van der Waals surface area contributed by atoms with Gasteiger partial charge in [-0.05, 0) is 66.2 Å². The molecular weight excluding hydrogens is 601 g/mol. The van der Waals surface area contributed by atoms with Gasteiger partial charge in [0.1, 0.15) is 17.9 Å². The molecule has 0 amide bonds. The summed E-state index contributed by atoms with van der Waals surface area (Å²) in [5, 5.41) is 6.84. The molecule has 2 aromatic heterocycles. The van der Waals surface area contributed by atoms with Crippen LogP contribution in [0.1, 0.15) is 11.1 Å². The van der Waals surface area contributed by atoms with Gasteiger partial charge in [-0.15, -0.1) is 0 Å². The van der Waals surface area contributed by atoms with Crippen molar-refractivity contribution in [1.82, 2.24) is 9.66 Å². The lowest BCUT2D eigenvalue weighted by atomic mass is 10.2. The number of nitrogens with zero attached hydrogens (tertiary/aromatic N) is 3. The molecule has 4 aromatic carbocycles. The van der Waals surface area contributed by atoms with Crippen LogP contribution in [0.2, 0.25) is 10.0 Å². The lowest BCUT2D eigenvalue weighted by Crippen LogP contribution is -2.20. The van der Waals surface area contributed by atoms with E-state index in [-0.39, 0.29) is 18.0 Å². The molecular formula is C30H18BrCl2N3O3. The molecule has 0 aliphatic rings. The Morgan fingerprint density at radius 1 is 0.949 bits per heavy atom. The first kappa shape index (κ1) is 25.4. The summed E-state index contributed by atoms with van der Waals surface area (Å²) in [4.78, 5) is 18.2. The van der Waals surface area contributed by atoms with E-state index < -0.39 is 0 Å². The minimum Gasteiger partial charge on any atom is -0.487 e. The highest BCUT2D eigenvalue weighted by molar-refractivity contribution is 9.10. The molecule has 39 heavy (non-hydrogen) atoms. The highest BCUT2D eigenvalue weighted by atomic mass is 79.9. The van der Waals surface area contributed by atoms with Crippen molar-refractivity contribution < 1.29 is 9.15 Å². The Morgan fingerprint density at radius 3 is 2.62 bits per heavy atom. The molecule has 0 aliphatic carbocycles. The van der Waals surface area contributed by atoms with Crippen molar-refractivity contribution in [1.29, 1.82) is 0 Å². The summed E-state index contributed by atoms with van der Waals surface area (Å²) in [6, 6.07) is 27.4. The summed E-state index contributed by atoms with van der Waals surface area (Å²) >= 11 is 16.2. The molecule has 0 saturated carbocycles. The average molecular weight is 619 g/mol. The van der Waals surface area contributed by atoms with Crippen LogP contribution in [0.25, 0.3) is 33.5 Å². The monoisotopic (exact) mass is 617 g/mol. The molecule has 0 fully saturated rings. The molecule has 0 atom stereocenters. The van der Waals surface area contributed by atoms with Gasteiger partial charge in [0.25, 0.3) is 5.56 Å². The second-order valence-electron chi connectivity index (χ2n) is 8.68. The molecule has 6 nitrogen and oxygen atoms in total. The van der Waals surface area contributed by atoms with E-state index in [0.717, 1.165) is 15.4 Å². The summed E-state index contributed by atoms with van der Waals surface area (Å²) < 4.78 is 14.1. The van der Waals surface area contributed by atoms with Crippen molar-refractivity contribution in [2.24, 2.45) is 5.10 Å². The van der Waals surface area contributed by atoms with E-state index in [2.05, 4.69) is 21.0 Å². The number of benzene rings is 4. The van der Waals surface area contributed by atoms with Crippen LogP contribution in [-0.4, -0.2) is 15.9 Å². The number of halogens is 3. The smallest absolute Gasteiger partial charge is 0.282 e. The third-order valence-electron chi connectivity index (χ3n) is 6.07. The van der Waals surface area contributed by atoms with E-state index in [1.54, 1.807) is 42.6 Å². The zero-order chi connectivity index (χ0) is 26.9. The first-order valence-electron chi connectivity index (χ1n) is 11.9. The van der Waals surface area contributed by atoms with Crippen LogP contribution in [0.5, 0.6) is 5.75 Å². The van der Waals surface area contributed by atoms with Gasteiger partial charge in [-0.3, -0.25) is 4.79 Å². The Hall–Kier alpha value is -3.91. The maximum absolute atomic E-state index is 13.5. The molecule has 0 saturated heterocycles. The Bertz CT molecular complexity index is 1950. The predicted molar refractivity (Wildman–Crippen MR) is 159 cm³/mol. The summed E-state index contributed by atoms with van der Waals surface area (Å²) in [5.41, 5.74) is 2.43. The summed E-state index contributed by atoms with van der Waals surface area (Å²) in [6.45, 7) is 0.280. The molecule has 0 spiro atoms. The number of hydrogen-bond acceptors (Lipinski definition) is 5. The summed E-state index contributed by atoms with van der Waals surface area (Å²) in [6.07, 6.45) is 1.55. The quantitative estimate of drug-likeness (QED) is 0.176. The average Bonchev–Trinajstić information content (AvgIpc) is 3.36. The second-order valence-corrected chi connectivity index (χ2v) is 10.4. The number of fused-ring (bicyclic) bond motifs is 2. The highest BCUT2D eigenvalue weighted by Crippen LogP contribution is 2.30. The van der Waals surface area contributed by atoms with Gasteiger partial charge >= 0.3 is 0 Å². The second kappa shape index (κ2) is 10.7. The molecule has 0 bridgehead atoms. The third kappa shape index (κ3) is 5.21. The van der Waals surface area contributed by atoms with Crippen molar-refractivity contribution in [2.75, 3.05) is 0 Å². The zero-order valence-electron chi connectivity index (χ0n) is 20.1. The number of ether oxygens (including phenoxy) is 1. The fourth-order valence-electron chi connectivity index (χ4n) is 4.12. The molecule has 0 aliphatic heterocycles. The van der Waals surface area contributed by atoms with E-state index in [0.29, 0.717) is 43.6 Å². The molecule has 9 heteroatoms. The highest BCUT2D eigenvalue weighted by Gasteiger charge is 2.16. The van der Waals surface area contributed by atoms with Crippen LogP contribution in [0.3, 0.4) is 0 Å². The van der Waals surface area contributed by atoms with Crippen molar-refractivity contribution in [2.45, 2.75) is 6.61 Å². The topological polar surface area (TPSA) is 69.6 Å². The van der Waals surface area contributed by atoms with E-state index >= 15 is 0 Å². The lowest BCUT2D eigenvalue weighted by molar-refractivity contribution is 0.306. The summed E-state index contributed by atoms with van der Waals surface area (Å²) in [7, 11) is 0. The van der Waals surface area contributed by atoms with E-state index in [1.807, 2.05) is 54.6 Å². The number of hydrogen-bond donors (Lipinski definition) is 0. The predicted octanol–water partition coefficient (Wildman–Crippen LogP) is 8.34. The number of aromatic nitrogens is 2. The van der Waals surface area contributed by atoms with Gasteiger partial charge in [-0.1, -0.05) is 69.5 Å². The van der Waals surface area contributed by atoms with E-state index in [9.17, 15) is 4.79 Å². The zero-order valence-corrected chi connectivity index (χ0v) is 23.2. The Morgan fingerprint density at radius 2 is 1.77 bits per heavy atom. The van der Waals surface area contributed by atoms with Gasteiger partial charge in [0, 0.05) is 20.4 Å². The van der Waals surface area contributed by atoms with Crippen LogP contribution >= 0.6 is 39.1 Å². The lowest BCUT2D eigenvalue weighted by Gasteiger charge is -2.10.